The first-order valence-corrected chi connectivity index (χ1v) is 13.9. The van der Waals surface area contributed by atoms with Crippen LogP contribution in [0.25, 0.3) is 0 Å². The Labute approximate surface area is 129 Å². The first-order chi connectivity index (χ1) is 9.52. The molecule has 1 aromatic rings. The van der Waals surface area contributed by atoms with E-state index in [9.17, 15) is 4.79 Å². The smallest absolute Gasteiger partial charge is 0.338 e. The SMILES string of the molecule is COC(=O)C(O[Si](C)(C)C)c1ccc(O[Si](C)(C)C)cc1. The summed E-state index contributed by atoms with van der Waals surface area (Å²) < 4.78 is 16.7. The molecule has 1 rings (SSSR count). The van der Waals surface area contributed by atoms with Crippen LogP contribution in [-0.4, -0.2) is 29.7 Å². The number of methoxy groups -OCH3 is 1. The fourth-order valence-corrected chi connectivity index (χ4v) is 3.56. The van der Waals surface area contributed by atoms with Gasteiger partial charge in [-0.15, -0.1) is 0 Å². The molecule has 0 saturated heterocycles. The molecular weight excluding hydrogens is 300 g/mol. The van der Waals surface area contributed by atoms with E-state index >= 15 is 0 Å². The summed E-state index contributed by atoms with van der Waals surface area (Å²) in [7, 11) is -2.10. The first kappa shape index (κ1) is 17.9. The fraction of sp³-hybridized carbons (Fsp3) is 0.533. The number of ether oxygens (including phenoxy) is 1. The zero-order valence-corrected chi connectivity index (χ0v) is 16.0. The summed E-state index contributed by atoms with van der Waals surface area (Å²) in [5.41, 5.74) is 0.798. The van der Waals surface area contributed by atoms with Gasteiger partial charge < -0.3 is 13.6 Å². The van der Waals surface area contributed by atoms with Gasteiger partial charge in [0.2, 0.25) is 8.32 Å². The maximum atomic E-state index is 12.0. The average molecular weight is 327 g/mol. The Morgan fingerprint density at radius 2 is 1.48 bits per heavy atom. The Morgan fingerprint density at radius 1 is 0.952 bits per heavy atom. The Balaban J connectivity index is 2.96. The molecule has 21 heavy (non-hydrogen) atoms. The van der Waals surface area contributed by atoms with E-state index in [4.69, 9.17) is 13.6 Å². The maximum Gasteiger partial charge on any atom is 0.338 e. The highest BCUT2D eigenvalue weighted by Gasteiger charge is 2.29. The van der Waals surface area contributed by atoms with Gasteiger partial charge in [0.1, 0.15) is 5.75 Å². The van der Waals surface area contributed by atoms with Crippen molar-refractivity contribution >= 4 is 22.6 Å². The number of esters is 1. The molecule has 0 aromatic heterocycles. The number of carbonyl (C=O) groups is 1. The second kappa shape index (κ2) is 6.76. The van der Waals surface area contributed by atoms with Gasteiger partial charge in [-0.25, -0.2) is 4.79 Å². The maximum absolute atomic E-state index is 12.0. The molecule has 6 heteroatoms. The first-order valence-electron chi connectivity index (χ1n) is 7.06. The highest BCUT2D eigenvalue weighted by molar-refractivity contribution is 6.70. The molecule has 4 nitrogen and oxygen atoms in total. The van der Waals surface area contributed by atoms with Crippen LogP contribution >= 0.6 is 0 Å². The average Bonchev–Trinajstić information content (AvgIpc) is 2.33. The Morgan fingerprint density at radius 3 is 1.86 bits per heavy atom. The monoisotopic (exact) mass is 326 g/mol. The van der Waals surface area contributed by atoms with Crippen LogP contribution in [0.5, 0.6) is 5.75 Å². The van der Waals surface area contributed by atoms with Gasteiger partial charge in [0, 0.05) is 0 Å². The molecule has 0 heterocycles. The third kappa shape index (κ3) is 6.45. The van der Waals surface area contributed by atoms with Gasteiger partial charge in [-0.3, -0.25) is 0 Å². The van der Waals surface area contributed by atoms with Crippen LogP contribution < -0.4 is 4.43 Å². The molecule has 0 bridgehead atoms. The second-order valence-corrected chi connectivity index (χ2v) is 15.8. The second-order valence-electron chi connectivity index (χ2n) is 6.92. The van der Waals surface area contributed by atoms with Gasteiger partial charge in [-0.2, -0.15) is 0 Å². The van der Waals surface area contributed by atoms with Crippen LogP contribution in [-0.2, 0) is 14.0 Å². The van der Waals surface area contributed by atoms with Crippen LogP contribution in [0.1, 0.15) is 11.7 Å². The lowest BCUT2D eigenvalue weighted by Gasteiger charge is -2.25. The van der Waals surface area contributed by atoms with E-state index < -0.39 is 22.7 Å². The van der Waals surface area contributed by atoms with E-state index in [0.717, 1.165) is 11.3 Å². The normalized spacial score (nSPS) is 13.7. The molecule has 0 aliphatic heterocycles. The highest BCUT2D eigenvalue weighted by atomic mass is 28.4. The van der Waals surface area contributed by atoms with Crippen LogP contribution in [0.15, 0.2) is 24.3 Å². The molecule has 0 N–H and O–H groups in total. The summed E-state index contributed by atoms with van der Waals surface area (Å²) >= 11 is 0. The Bertz CT molecular complexity index is 472. The van der Waals surface area contributed by atoms with Crippen molar-refractivity contribution in [3.63, 3.8) is 0 Å². The minimum Gasteiger partial charge on any atom is -0.544 e. The van der Waals surface area contributed by atoms with Crippen molar-refractivity contribution in [2.24, 2.45) is 0 Å². The van der Waals surface area contributed by atoms with E-state index in [0.29, 0.717) is 0 Å². The lowest BCUT2D eigenvalue weighted by Crippen LogP contribution is -2.32. The summed E-state index contributed by atoms with van der Waals surface area (Å²) in [6.45, 7) is 12.5. The molecule has 118 valence electrons. The van der Waals surface area contributed by atoms with E-state index in [1.807, 2.05) is 43.9 Å². The molecule has 0 aliphatic rings. The van der Waals surface area contributed by atoms with E-state index in [1.165, 1.54) is 7.11 Å². The van der Waals surface area contributed by atoms with Crippen LogP contribution in [0.4, 0.5) is 0 Å². The highest BCUT2D eigenvalue weighted by Crippen LogP contribution is 2.26. The van der Waals surface area contributed by atoms with Crippen molar-refractivity contribution in [3.05, 3.63) is 29.8 Å². The number of rotatable bonds is 6. The van der Waals surface area contributed by atoms with Crippen molar-refractivity contribution in [2.75, 3.05) is 7.11 Å². The molecular formula is C15H26O4Si2. The lowest BCUT2D eigenvalue weighted by atomic mass is 10.1. The van der Waals surface area contributed by atoms with Crippen molar-refractivity contribution in [1.82, 2.24) is 0 Å². The van der Waals surface area contributed by atoms with E-state index in [-0.39, 0.29) is 5.97 Å². The molecule has 0 aliphatic carbocycles. The predicted molar refractivity (Wildman–Crippen MR) is 89.6 cm³/mol. The zero-order chi connectivity index (χ0) is 16.3. The summed E-state index contributed by atoms with van der Waals surface area (Å²) in [6.07, 6.45) is -0.664. The largest absolute Gasteiger partial charge is 0.544 e. The van der Waals surface area contributed by atoms with Crippen molar-refractivity contribution in [1.29, 1.82) is 0 Å². The Hall–Kier alpha value is -1.12. The summed E-state index contributed by atoms with van der Waals surface area (Å²) in [5.74, 6) is 0.464. The molecule has 0 radical (unpaired) electrons. The number of hydrogen-bond donors (Lipinski definition) is 0. The standard InChI is InChI=1S/C15H26O4Si2/c1-17-15(16)14(19-21(5,6)7)12-8-10-13(11-9-12)18-20(2,3)4/h8-11,14H,1-7H3. The summed E-state index contributed by atoms with van der Waals surface area (Å²) in [6, 6.07) is 7.52. The fourth-order valence-electron chi connectivity index (χ4n) is 1.78. The van der Waals surface area contributed by atoms with Crippen LogP contribution in [0.2, 0.25) is 39.3 Å². The number of hydrogen-bond acceptors (Lipinski definition) is 4. The number of carbonyl (C=O) groups excluding carboxylic acids is 1. The molecule has 0 fully saturated rings. The van der Waals surface area contributed by atoms with Crippen LogP contribution in [0, 0.1) is 0 Å². The minimum absolute atomic E-state index is 0.365. The molecule has 1 unspecified atom stereocenters. The molecule has 0 saturated carbocycles. The molecule has 0 amide bonds. The van der Waals surface area contributed by atoms with Crippen molar-refractivity contribution in [3.8, 4) is 5.75 Å². The molecule has 0 spiro atoms. The number of benzene rings is 1. The van der Waals surface area contributed by atoms with Gasteiger partial charge in [-0.05, 0) is 57.0 Å². The Kier molecular flexibility index (Phi) is 5.78. The minimum atomic E-state index is -1.86. The van der Waals surface area contributed by atoms with Crippen molar-refractivity contribution in [2.45, 2.75) is 45.4 Å². The zero-order valence-electron chi connectivity index (χ0n) is 14.0. The van der Waals surface area contributed by atoms with E-state index in [1.54, 1.807) is 0 Å². The van der Waals surface area contributed by atoms with E-state index in [2.05, 4.69) is 19.6 Å². The predicted octanol–water partition coefficient (Wildman–Crippen LogP) is 3.97. The van der Waals surface area contributed by atoms with Gasteiger partial charge in [0.05, 0.1) is 7.11 Å². The lowest BCUT2D eigenvalue weighted by molar-refractivity contribution is -0.149. The van der Waals surface area contributed by atoms with Gasteiger partial charge >= 0.3 is 5.97 Å². The quantitative estimate of drug-likeness (QED) is 0.586. The van der Waals surface area contributed by atoms with Crippen LogP contribution in [0.3, 0.4) is 0 Å². The topological polar surface area (TPSA) is 44.8 Å². The third-order valence-electron chi connectivity index (χ3n) is 2.49. The van der Waals surface area contributed by atoms with Gasteiger partial charge in [0.25, 0.3) is 0 Å². The summed E-state index contributed by atoms with van der Waals surface area (Å²) in [4.78, 5) is 12.0. The molecule has 1 atom stereocenters. The van der Waals surface area contributed by atoms with Gasteiger partial charge in [0.15, 0.2) is 14.4 Å². The van der Waals surface area contributed by atoms with Crippen molar-refractivity contribution < 1.29 is 18.4 Å². The van der Waals surface area contributed by atoms with Gasteiger partial charge in [-0.1, -0.05) is 12.1 Å². The third-order valence-corrected chi connectivity index (χ3v) is 4.28. The molecule has 1 aromatic carbocycles. The summed E-state index contributed by atoms with van der Waals surface area (Å²) in [5, 5.41) is 0.